The lowest BCUT2D eigenvalue weighted by Gasteiger charge is -2.38. The van der Waals surface area contributed by atoms with Crippen molar-refractivity contribution in [2.75, 3.05) is 19.6 Å². The highest BCUT2D eigenvalue weighted by atomic mass is 35.5. The van der Waals surface area contributed by atoms with Crippen LogP contribution in [0.25, 0.3) is 0 Å². The fourth-order valence-corrected chi connectivity index (χ4v) is 4.21. The Kier molecular flexibility index (Phi) is 5.60. The van der Waals surface area contributed by atoms with Gasteiger partial charge in [0, 0.05) is 22.9 Å². The summed E-state index contributed by atoms with van der Waals surface area (Å²) < 4.78 is 0. The van der Waals surface area contributed by atoms with Crippen LogP contribution < -0.4 is 10.6 Å². The standard InChI is InChI=1S/C19H27ClN2O/c20-17-6-4-16(5-7-17)19(10-2-1-3-11-19)14-22-18(23)15-8-12-21-13-9-15/h4-7,15,21H,1-3,8-14H2,(H,22,23). The molecule has 0 unspecified atom stereocenters. The van der Waals surface area contributed by atoms with E-state index in [-0.39, 0.29) is 17.2 Å². The molecule has 0 radical (unpaired) electrons. The summed E-state index contributed by atoms with van der Waals surface area (Å²) in [5.74, 6) is 0.424. The van der Waals surface area contributed by atoms with Crippen LogP contribution in [0.3, 0.4) is 0 Å². The van der Waals surface area contributed by atoms with E-state index in [0.717, 1.165) is 50.3 Å². The van der Waals surface area contributed by atoms with Crippen molar-refractivity contribution >= 4 is 17.5 Å². The van der Waals surface area contributed by atoms with Crippen molar-refractivity contribution in [3.8, 4) is 0 Å². The fraction of sp³-hybridized carbons (Fsp3) is 0.632. The van der Waals surface area contributed by atoms with Crippen molar-refractivity contribution in [1.82, 2.24) is 10.6 Å². The van der Waals surface area contributed by atoms with Gasteiger partial charge in [0.2, 0.25) is 5.91 Å². The molecule has 0 spiro atoms. The summed E-state index contributed by atoms with van der Waals surface area (Å²) in [6.45, 7) is 2.68. The summed E-state index contributed by atoms with van der Waals surface area (Å²) in [4.78, 5) is 12.5. The highest BCUT2D eigenvalue weighted by Crippen LogP contribution is 2.39. The maximum absolute atomic E-state index is 12.5. The maximum atomic E-state index is 12.5. The molecule has 2 N–H and O–H groups in total. The van der Waals surface area contributed by atoms with Crippen LogP contribution in [0.15, 0.2) is 24.3 Å². The Bertz CT molecular complexity index is 517. The minimum atomic E-state index is 0.0887. The van der Waals surface area contributed by atoms with Crippen LogP contribution in [0, 0.1) is 5.92 Å². The molecule has 3 nitrogen and oxygen atoms in total. The van der Waals surface area contributed by atoms with E-state index >= 15 is 0 Å². The van der Waals surface area contributed by atoms with E-state index in [1.54, 1.807) is 0 Å². The average molecular weight is 335 g/mol. The number of carbonyl (C=O) groups is 1. The number of benzene rings is 1. The first-order valence-electron chi connectivity index (χ1n) is 8.94. The van der Waals surface area contributed by atoms with Crippen molar-refractivity contribution in [3.05, 3.63) is 34.9 Å². The molecular formula is C19H27ClN2O. The van der Waals surface area contributed by atoms with Gasteiger partial charge in [0.05, 0.1) is 0 Å². The van der Waals surface area contributed by atoms with Gasteiger partial charge in [0.1, 0.15) is 0 Å². The van der Waals surface area contributed by atoms with Gasteiger partial charge in [-0.25, -0.2) is 0 Å². The first-order valence-corrected chi connectivity index (χ1v) is 9.32. The van der Waals surface area contributed by atoms with E-state index in [0.29, 0.717) is 0 Å². The highest BCUT2D eigenvalue weighted by molar-refractivity contribution is 6.30. The van der Waals surface area contributed by atoms with E-state index < -0.39 is 0 Å². The van der Waals surface area contributed by atoms with Crippen LogP contribution in [0.5, 0.6) is 0 Å². The second kappa shape index (κ2) is 7.67. The molecule has 1 amide bonds. The molecule has 1 aliphatic heterocycles. The lowest BCUT2D eigenvalue weighted by molar-refractivity contribution is -0.126. The van der Waals surface area contributed by atoms with E-state index in [2.05, 4.69) is 22.8 Å². The van der Waals surface area contributed by atoms with E-state index in [4.69, 9.17) is 11.6 Å². The van der Waals surface area contributed by atoms with Crippen molar-refractivity contribution < 1.29 is 4.79 Å². The van der Waals surface area contributed by atoms with E-state index in [1.807, 2.05) is 12.1 Å². The molecule has 1 aliphatic carbocycles. The zero-order valence-corrected chi connectivity index (χ0v) is 14.5. The topological polar surface area (TPSA) is 41.1 Å². The molecule has 2 fully saturated rings. The molecule has 126 valence electrons. The smallest absolute Gasteiger partial charge is 0.223 e. The van der Waals surface area contributed by atoms with Crippen molar-refractivity contribution in [3.63, 3.8) is 0 Å². The van der Waals surface area contributed by atoms with Crippen LogP contribution in [-0.4, -0.2) is 25.5 Å². The molecule has 1 heterocycles. The van der Waals surface area contributed by atoms with Crippen LogP contribution in [-0.2, 0) is 10.2 Å². The van der Waals surface area contributed by atoms with Crippen molar-refractivity contribution in [2.45, 2.75) is 50.4 Å². The normalized spacial score (nSPS) is 21.8. The number of hydrogen-bond donors (Lipinski definition) is 2. The Hall–Kier alpha value is -1.06. The van der Waals surface area contributed by atoms with Crippen LogP contribution in [0.4, 0.5) is 0 Å². The monoisotopic (exact) mass is 334 g/mol. The molecule has 0 atom stereocenters. The minimum absolute atomic E-state index is 0.0887. The van der Waals surface area contributed by atoms with Gasteiger partial charge in [-0.15, -0.1) is 0 Å². The minimum Gasteiger partial charge on any atom is -0.355 e. The molecule has 0 bridgehead atoms. The van der Waals surface area contributed by atoms with Crippen molar-refractivity contribution in [1.29, 1.82) is 0 Å². The fourth-order valence-electron chi connectivity index (χ4n) is 4.08. The van der Waals surface area contributed by atoms with Gasteiger partial charge in [0.15, 0.2) is 0 Å². The number of rotatable bonds is 4. The molecule has 2 aliphatic rings. The Morgan fingerprint density at radius 3 is 2.43 bits per heavy atom. The third-order valence-corrected chi connectivity index (χ3v) is 5.83. The number of amides is 1. The van der Waals surface area contributed by atoms with Gasteiger partial charge in [-0.2, -0.15) is 0 Å². The Balaban J connectivity index is 1.69. The summed E-state index contributed by atoms with van der Waals surface area (Å²) in [6.07, 6.45) is 8.01. The first kappa shape index (κ1) is 16.8. The van der Waals surface area contributed by atoms with Gasteiger partial charge in [-0.1, -0.05) is 43.0 Å². The van der Waals surface area contributed by atoms with E-state index in [9.17, 15) is 4.79 Å². The Morgan fingerprint density at radius 2 is 1.78 bits per heavy atom. The lowest BCUT2D eigenvalue weighted by Crippen LogP contribution is -2.45. The Labute approximate surface area is 144 Å². The number of nitrogens with one attached hydrogen (secondary N) is 2. The van der Waals surface area contributed by atoms with Crippen LogP contribution in [0.2, 0.25) is 5.02 Å². The van der Waals surface area contributed by atoms with Gasteiger partial charge >= 0.3 is 0 Å². The largest absolute Gasteiger partial charge is 0.355 e. The molecule has 23 heavy (non-hydrogen) atoms. The molecule has 1 aromatic rings. The summed E-state index contributed by atoms with van der Waals surface area (Å²) >= 11 is 6.05. The molecule has 3 rings (SSSR count). The number of piperidine rings is 1. The number of carbonyl (C=O) groups excluding carboxylic acids is 1. The molecule has 4 heteroatoms. The zero-order chi connectivity index (χ0) is 16.1. The highest BCUT2D eigenvalue weighted by Gasteiger charge is 2.35. The number of hydrogen-bond acceptors (Lipinski definition) is 2. The zero-order valence-electron chi connectivity index (χ0n) is 13.7. The summed E-state index contributed by atoms with van der Waals surface area (Å²) in [7, 11) is 0. The van der Waals surface area contributed by atoms with Crippen LogP contribution in [0.1, 0.15) is 50.5 Å². The molecule has 1 saturated carbocycles. The number of halogens is 1. The van der Waals surface area contributed by atoms with Gasteiger partial charge in [-0.3, -0.25) is 4.79 Å². The van der Waals surface area contributed by atoms with Crippen molar-refractivity contribution in [2.24, 2.45) is 5.92 Å². The molecule has 1 saturated heterocycles. The average Bonchev–Trinajstić information content (AvgIpc) is 2.62. The molecular weight excluding hydrogens is 308 g/mol. The third kappa shape index (κ3) is 4.07. The van der Waals surface area contributed by atoms with E-state index in [1.165, 1.54) is 24.8 Å². The van der Waals surface area contributed by atoms with Gasteiger partial charge < -0.3 is 10.6 Å². The molecule has 1 aromatic carbocycles. The van der Waals surface area contributed by atoms with Gasteiger partial charge in [-0.05, 0) is 56.5 Å². The van der Waals surface area contributed by atoms with Crippen LogP contribution >= 0.6 is 11.6 Å². The third-order valence-electron chi connectivity index (χ3n) is 5.58. The SMILES string of the molecule is O=C(NCC1(c2ccc(Cl)cc2)CCCCC1)C1CCNCC1. The summed E-state index contributed by atoms with van der Waals surface area (Å²) in [5.41, 5.74) is 1.41. The summed E-state index contributed by atoms with van der Waals surface area (Å²) in [5, 5.41) is 7.37. The first-order chi connectivity index (χ1) is 11.2. The van der Waals surface area contributed by atoms with Gasteiger partial charge in [0.25, 0.3) is 0 Å². The predicted molar refractivity (Wildman–Crippen MR) is 94.8 cm³/mol. The lowest BCUT2D eigenvalue weighted by atomic mass is 9.69. The Morgan fingerprint density at radius 1 is 1.13 bits per heavy atom. The second-order valence-corrected chi connectivity index (χ2v) is 7.53. The molecule has 0 aromatic heterocycles. The second-order valence-electron chi connectivity index (χ2n) is 7.09. The quantitative estimate of drug-likeness (QED) is 0.882. The maximum Gasteiger partial charge on any atom is 0.223 e. The predicted octanol–water partition coefficient (Wildman–Crippen LogP) is 3.66. The summed E-state index contributed by atoms with van der Waals surface area (Å²) in [6, 6.07) is 8.23.